The predicted molar refractivity (Wildman–Crippen MR) is 80.7 cm³/mol. The summed E-state index contributed by atoms with van der Waals surface area (Å²) in [4.78, 5) is 0. The molecular formula is C17H28O2. The maximum Gasteiger partial charge on any atom is 0.157 e. The molecule has 0 unspecified atom stereocenters. The van der Waals surface area contributed by atoms with Crippen molar-refractivity contribution in [1.82, 2.24) is 0 Å². The third-order valence-corrected chi connectivity index (χ3v) is 3.61. The topological polar surface area (TPSA) is 40.5 Å². The van der Waals surface area contributed by atoms with Gasteiger partial charge in [-0.05, 0) is 30.5 Å². The Labute approximate surface area is 117 Å². The van der Waals surface area contributed by atoms with Crippen LogP contribution in [-0.4, -0.2) is 10.2 Å². The fourth-order valence-corrected chi connectivity index (χ4v) is 2.36. The number of benzene rings is 1. The van der Waals surface area contributed by atoms with Gasteiger partial charge in [0.05, 0.1) is 0 Å². The molecule has 0 aromatic heterocycles. The molecule has 0 aliphatic heterocycles. The second-order valence-corrected chi connectivity index (χ2v) is 5.40. The summed E-state index contributed by atoms with van der Waals surface area (Å²) >= 11 is 0. The number of aromatic hydroxyl groups is 2. The number of phenolic OH excluding ortho intramolecular Hbond substituents is 2. The Morgan fingerprint density at radius 2 is 1.32 bits per heavy atom. The van der Waals surface area contributed by atoms with Crippen molar-refractivity contribution < 1.29 is 10.2 Å². The van der Waals surface area contributed by atoms with E-state index >= 15 is 0 Å². The average molecular weight is 264 g/mol. The molecule has 0 aliphatic carbocycles. The van der Waals surface area contributed by atoms with E-state index in [1.165, 1.54) is 57.8 Å². The van der Waals surface area contributed by atoms with E-state index in [-0.39, 0.29) is 11.5 Å². The monoisotopic (exact) mass is 264 g/mol. The summed E-state index contributed by atoms with van der Waals surface area (Å²) < 4.78 is 0. The van der Waals surface area contributed by atoms with Gasteiger partial charge in [-0.15, -0.1) is 0 Å². The lowest BCUT2D eigenvalue weighted by atomic mass is 10.0. The Morgan fingerprint density at radius 1 is 0.737 bits per heavy atom. The van der Waals surface area contributed by atoms with Gasteiger partial charge in [-0.1, -0.05) is 64.4 Å². The molecule has 0 bridgehead atoms. The van der Waals surface area contributed by atoms with Crippen LogP contribution in [0.15, 0.2) is 18.2 Å². The summed E-state index contributed by atoms with van der Waals surface area (Å²) in [6.45, 7) is 2.25. The molecule has 0 spiro atoms. The summed E-state index contributed by atoms with van der Waals surface area (Å²) in [7, 11) is 0. The van der Waals surface area contributed by atoms with Gasteiger partial charge in [0.15, 0.2) is 11.5 Å². The van der Waals surface area contributed by atoms with Crippen LogP contribution in [0.3, 0.4) is 0 Å². The van der Waals surface area contributed by atoms with Crippen LogP contribution in [0, 0.1) is 0 Å². The van der Waals surface area contributed by atoms with E-state index in [2.05, 4.69) is 6.92 Å². The summed E-state index contributed by atoms with van der Waals surface area (Å²) in [6, 6.07) is 5.12. The first-order valence-electron chi connectivity index (χ1n) is 7.75. The Hall–Kier alpha value is -1.18. The van der Waals surface area contributed by atoms with Gasteiger partial charge in [0.25, 0.3) is 0 Å². The van der Waals surface area contributed by atoms with E-state index in [1.54, 1.807) is 12.1 Å². The highest BCUT2D eigenvalue weighted by Crippen LogP contribution is 2.25. The number of phenols is 2. The van der Waals surface area contributed by atoms with E-state index in [0.717, 1.165) is 12.0 Å². The van der Waals surface area contributed by atoms with Crippen LogP contribution in [0.4, 0.5) is 0 Å². The zero-order chi connectivity index (χ0) is 13.9. The molecule has 0 aliphatic rings. The molecule has 0 amide bonds. The normalized spacial score (nSPS) is 10.8. The molecule has 2 heteroatoms. The van der Waals surface area contributed by atoms with Gasteiger partial charge >= 0.3 is 0 Å². The largest absolute Gasteiger partial charge is 0.504 e. The summed E-state index contributed by atoms with van der Waals surface area (Å²) in [5.41, 5.74) is 1.11. The lowest BCUT2D eigenvalue weighted by molar-refractivity contribution is 0.403. The fraction of sp³-hybridized carbons (Fsp3) is 0.647. The van der Waals surface area contributed by atoms with E-state index < -0.39 is 0 Å². The Balaban J connectivity index is 2.00. The molecule has 2 nitrogen and oxygen atoms in total. The minimum absolute atomic E-state index is 0.00609. The van der Waals surface area contributed by atoms with Crippen molar-refractivity contribution >= 4 is 0 Å². The Bertz CT molecular complexity index is 347. The number of rotatable bonds is 10. The molecular weight excluding hydrogens is 236 g/mol. The fourth-order valence-electron chi connectivity index (χ4n) is 2.36. The predicted octanol–water partition coefficient (Wildman–Crippen LogP) is 5.17. The van der Waals surface area contributed by atoms with Crippen molar-refractivity contribution in [1.29, 1.82) is 0 Å². The first-order chi connectivity index (χ1) is 9.24. The van der Waals surface area contributed by atoms with Crippen molar-refractivity contribution in [2.45, 2.75) is 71.1 Å². The SMILES string of the molecule is CCCCCCCCCCCc1ccc(O)c(O)c1. The quantitative estimate of drug-likeness (QED) is 0.452. The van der Waals surface area contributed by atoms with E-state index in [4.69, 9.17) is 0 Å². The lowest BCUT2D eigenvalue weighted by Crippen LogP contribution is -1.86. The van der Waals surface area contributed by atoms with E-state index in [1.807, 2.05) is 6.07 Å². The third-order valence-electron chi connectivity index (χ3n) is 3.61. The Morgan fingerprint density at radius 3 is 1.89 bits per heavy atom. The molecule has 0 heterocycles. The van der Waals surface area contributed by atoms with Crippen LogP contribution in [-0.2, 0) is 6.42 Å². The highest BCUT2D eigenvalue weighted by molar-refractivity contribution is 5.40. The van der Waals surface area contributed by atoms with Crippen LogP contribution in [0.25, 0.3) is 0 Å². The zero-order valence-corrected chi connectivity index (χ0v) is 12.2. The zero-order valence-electron chi connectivity index (χ0n) is 12.2. The molecule has 1 aromatic rings. The lowest BCUT2D eigenvalue weighted by Gasteiger charge is -2.04. The smallest absolute Gasteiger partial charge is 0.157 e. The molecule has 0 saturated carbocycles. The number of unbranched alkanes of at least 4 members (excludes halogenated alkanes) is 8. The van der Waals surface area contributed by atoms with E-state index in [0.29, 0.717) is 0 Å². The molecule has 108 valence electrons. The standard InChI is InChI=1S/C17H28O2/c1-2-3-4-5-6-7-8-9-10-11-15-12-13-16(18)17(19)14-15/h12-14,18-19H,2-11H2,1H3. The average Bonchev–Trinajstić information content (AvgIpc) is 2.41. The minimum Gasteiger partial charge on any atom is -0.504 e. The van der Waals surface area contributed by atoms with Crippen molar-refractivity contribution in [2.75, 3.05) is 0 Å². The number of hydrogen-bond acceptors (Lipinski definition) is 2. The van der Waals surface area contributed by atoms with Crippen LogP contribution >= 0.6 is 0 Å². The molecule has 1 rings (SSSR count). The molecule has 0 saturated heterocycles. The number of aryl methyl sites for hydroxylation is 1. The van der Waals surface area contributed by atoms with Crippen LogP contribution in [0.2, 0.25) is 0 Å². The van der Waals surface area contributed by atoms with Gasteiger partial charge in [0, 0.05) is 0 Å². The van der Waals surface area contributed by atoms with Crippen molar-refractivity contribution in [3.8, 4) is 11.5 Å². The van der Waals surface area contributed by atoms with Gasteiger partial charge in [-0.3, -0.25) is 0 Å². The summed E-state index contributed by atoms with van der Waals surface area (Å²) in [5.74, 6) is -0.0377. The van der Waals surface area contributed by atoms with Gasteiger partial charge in [0.2, 0.25) is 0 Å². The summed E-state index contributed by atoms with van der Waals surface area (Å²) in [5, 5.41) is 18.6. The first kappa shape index (κ1) is 15.9. The van der Waals surface area contributed by atoms with E-state index in [9.17, 15) is 10.2 Å². The third kappa shape index (κ3) is 7.09. The van der Waals surface area contributed by atoms with Gasteiger partial charge in [-0.25, -0.2) is 0 Å². The van der Waals surface area contributed by atoms with Crippen molar-refractivity contribution in [3.63, 3.8) is 0 Å². The highest BCUT2D eigenvalue weighted by Gasteiger charge is 2.00. The van der Waals surface area contributed by atoms with Gasteiger partial charge < -0.3 is 10.2 Å². The maximum absolute atomic E-state index is 9.39. The Kier molecular flexibility index (Phi) is 8.11. The van der Waals surface area contributed by atoms with Crippen LogP contribution in [0.1, 0.15) is 70.3 Å². The second-order valence-electron chi connectivity index (χ2n) is 5.40. The molecule has 2 N–H and O–H groups in total. The summed E-state index contributed by atoms with van der Waals surface area (Å²) in [6.07, 6.45) is 12.9. The first-order valence-corrected chi connectivity index (χ1v) is 7.75. The van der Waals surface area contributed by atoms with Gasteiger partial charge in [0.1, 0.15) is 0 Å². The van der Waals surface area contributed by atoms with Crippen LogP contribution in [0.5, 0.6) is 11.5 Å². The molecule has 0 radical (unpaired) electrons. The maximum atomic E-state index is 9.39. The highest BCUT2D eigenvalue weighted by atomic mass is 16.3. The van der Waals surface area contributed by atoms with Crippen LogP contribution < -0.4 is 0 Å². The number of hydrogen-bond donors (Lipinski definition) is 2. The molecule has 19 heavy (non-hydrogen) atoms. The molecule has 0 fully saturated rings. The second kappa shape index (κ2) is 9.71. The van der Waals surface area contributed by atoms with Crippen molar-refractivity contribution in [3.05, 3.63) is 23.8 Å². The minimum atomic E-state index is -0.0316. The van der Waals surface area contributed by atoms with Crippen molar-refractivity contribution in [2.24, 2.45) is 0 Å². The van der Waals surface area contributed by atoms with Gasteiger partial charge in [-0.2, -0.15) is 0 Å². The molecule has 0 atom stereocenters. The molecule has 1 aromatic carbocycles.